The summed E-state index contributed by atoms with van der Waals surface area (Å²) in [6.45, 7) is 0. The molecule has 3 nitrogen and oxygen atoms in total. The molecule has 1 aliphatic rings. The Morgan fingerprint density at radius 2 is 2.05 bits per heavy atom. The van der Waals surface area contributed by atoms with E-state index in [4.69, 9.17) is 0 Å². The largest absolute Gasteiger partial charge is 0.391 e. The number of benzene rings is 1. The third-order valence-electron chi connectivity index (χ3n) is 3.52. The van der Waals surface area contributed by atoms with Gasteiger partial charge in [-0.05, 0) is 24.5 Å². The first-order valence-electron chi connectivity index (χ1n) is 6.24. The van der Waals surface area contributed by atoms with Crippen LogP contribution < -0.4 is 0 Å². The van der Waals surface area contributed by atoms with E-state index in [0.29, 0.717) is 12.8 Å². The van der Waals surface area contributed by atoms with Gasteiger partial charge < -0.3 is 5.11 Å². The van der Waals surface area contributed by atoms with Crippen LogP contribution in [0.5, 0.6) is 0 Å². The molecule has 2 atom stereocenters. The second-order valence-electron chi connectivity index (χ2n) is 4.89. The Hall–Kier alpha value is -1.01. The molecule has 106 valence electrons. The van der Waals surface area contributed by atoms with Crippen LogP contribution in [0.1, 0.15) is 24.8 Å². The highest BCUT2D eigenvalue weighted by molar-refractivity contribution is 7.92. The van der Waals surface area contributed by atoms with Gasteiger partial charge in [0.25, 0.3) is 0 Å². The van der Waals surface area contributed by atoms with E-state index in [1.54, 1.807) is 0 Å². The minimum Gasteiger partial charge on any atom is -0.391 e. The van der Waals surface area contributed by atoms with Gasteiger partial charge in [-0.25, -0.2) is 17.2 Å². The highest BCUT2D eigenvalue weighted by Gasteiger charge is 2.35. The maximum Gasteiger partial charge on any atom is 0.162 e. The second-order valence-corrected chi connectivity index (χ2v) is 7.23. The highest BCUT2D eigenvalue weighted by Crippen LogP contribution is 2.25. The maximum absolute atomic E-state index is 13.5. The van der Waals surface area contributed by atoms with Crippen LogP contribution in [-0.2, 0) is 16.3 Å². The van der Waals surface area contributed by atoms with Gasteiger partial charge in [0.1, 0.15) is 0 Å². The van der Waals surface area contributed by atoms with Crippen LogP contribution >= 0.6 is 0 Å². The van der Waals surface area contributed by atoms with Gasteiger partial charge in [-0.3, -0.25) is 0 Å². The van der Waals surface area contributed by atoms with Crippen LogP contribution in [0.3, 0.4) is 0 Å². The van der Waals surface area contributed by atoms with Gasteiger partial charge in [-0.2, -0.15) is 0 Å². The molecule has 6 heteroatoms. The van der Waals surface area contributed by atoms with Crippen LogP contribution in [0, 0.1) is 11.6 Å². The van der Waals surface area contributed by atoms with Crippen LogP contribution in [-0.4, -0.2) is 30.6 Å². The first kappa shape index (κ1) is 14.4. The van der Waals surface area contributed by atoms with Crippen molar-refractivity contribution in [1.82, 2.24) is 0 Å². The monoisotopic (exact) mass is 290 g/mol. The molecule has 0 saturated carbocycles. The summed E-state index contributed by atoms with van der Waals surface area (Å²) in [7, 11) is -3.33. The zero-order valence-electron chi connectivity index (χ0n) is 10.4. The second kappa shape index (κ2) is 5.54. The van der Waals surface area contributed by atoms with Crippen molar-refractivity contribution >= 4 is 9.84 Å². The number of aliphatic hydroxyl groups is 1. The van der Waals surface area contributed by atoms with Gasteiger partial charge in [-0.1, -0.05) is 18.6 Å². The number of hydrogen-bond donors (Lipinski definition) is 1. The SMILES string of the molecule is O=S1(=O)CCCCC1C(O)Cc1cccc(F)c1F. The summed E-state index contributed by atoms with van der Waals surface area (Å²) in [4.78, 5) is 0. The molecule has 1 aromatic carbocycles. The predicted octanol–water partition coefficient (Wildman–Crippen LogP) is 1.84. The van der Waals surface area contributed by atoms with E-state index in [1.165, 1.54) is 12.1 Å². The fourth-order valence-corrected chi connectivity index (χ4v) is 4.48. The van der Waals surface area contributed by atoms with Crippen molar-refractivity contribution in [3.63, 3.8) is 0 Å². The van der Waals surface area contributed by atoms with E-state index < -0.39 is 32.8 Å². The van der Waals surface area contributed by atoms with Gasteiger partial charge in [0.15, 0.2) is 21.5 Å². The third kappa shape index (κ3) is 3.12. The highest BCUT2D eigenvalue weighted by atomic mass is 32.2. The van der Waals surface area contributed by atoms with E-state index in [1.807, 2.05) is 0 Å². The molecule has 0 radical (unpaired) electrons. The molecule has 0 spiro atoms. The Morgan fingerprint density at radius 1 is 1.32 bits per heavy atom. The fraction of sp³-hybridized carbons (Fsp3) is 0.538. The summed E-state index contributed by atoms with van der Waals surface area (Å²) in [5.41, 5.74) is 0.00766. The van der Waals surface area contributed by atoms with Crippen molar-refractivity contribution in [3.05, 3.63) is 35.4 Å². The van der Waals surface area contributed by atoms with E-state index in [-0.39, 0.29) is 17.7 Å². The van der Waals surface area contributed by atoms with Gasteiger partial charge in [-0.15, -0.1) is 0 Å². The molecule has 1 aromatic rings. The lowest BCUT2D eigenvalue weighted by Crippen LogP contribution is -2.39. The summed E-state index contributed by atoms with van der Waals surface area (Å²) >= 11 is 0. The normalized spacial score (nSPS) is 24.1. The minimum absolute atomic E-state index is 0.00766. The molecule has 0 bridgehead atoms. The number of sulfone groups is 1. The van der Waals surface area contributed by atoms with Crippen LogP contribution in [0.15, 0.2) is 18.2 Å². The van der Waals surface area contributed by atoms with Gasteiger partial charge in [0.05, 0.1) is 17.1 Å². The molecule has 19 heavy (non-hydrogen) atoms. The topological polar surface area (TPSA) is 54.4 Å². The predicted molar refractivity (Wildman–Crippen MR) is 67.5 cm³/mol. The van der Waals surface area contributed by atoms with E-state index in [0.717, 1.165) is 12.5 Å². The average molecular weight is 290 g/mol. The van der Waals surface area contributed by atoms with Crippen LogP contribution in [0.25, 0.3) is 0 Å². The number of halogens is 2. The lowest BCUT2D eigenvalue weighted by atomic mass is 10.0. The molecule has 1 N–H and O–H groups in total. The number of aliphatic hydroxyl groups excluding tert-OH is 1. The third-order valence-corrected chi connectivity index (χ3v) is 5.85. The summed E-state index contributed by atoms with van der Waals surface area (Å²) < 4.78 is 50.2. The molecule has 1 saturated heterocycles. The summed E-state index contributed by atoms with van der Waals surface area (Å²) in [5.74, 6) is -1.95. The van der Waals surface area contributed by atoms with Gasteiger partial charge in [0, 0.05) is 6.42 Å². The zero-order chi connectivity index (χ0) is 14.0. The smallest absolute Gasteiger partial charge is 0.162 e. The average Bonchev–Trinajstić information content (AvgIpc) is 2.34. The maximum atomic E-state index is 13.5. The van der Waals surface area contributed by atoms with Gasteiger partial charge >= 0.3 is 0 Å². The van der Waals surface area contributed by atoms with Crippen molar-refractivity contribution in [3.8, 4) is 0 Å². The molecular formula is C13H16F2O3S. The number of rotatable bonds is 3. The first-order chi connectivity index (χ1) is 8.92. The van der Waals surface area contributed by atoms with Gasteiger partial charge in [0.2, 0.25) is 0 Å². The van der Waals surface area contributed by atoms with E-state index in [2.05, 4.69) is 0 Å². The summed E-state index contributed by atoms with van der Waals surface area (Å²) in [6.07, 6.45) is 0.321. The zero-order valence-corrected chi connectivity index (χ0v) is 11.2. The van der Waals surface area contributed by atoms with Crippen molar-refractivity contribution in [2.45, 2.75) is 37.0 Å². The molecule has 2 rings (SSSR count). The molecule has 1 fully saturated rings. The first-order valence-corrected chi connectivity index (χ1v) is 7.96. The molecule has 0 aromatic heterocycles. The molecule has 0 amide bonds. The Labute approximate surface area is 111 Å². The summed E-state index contributed by atoms with van der Waals surface area (Å²) in [5, 5.41) is 9.14. The summed E-state index contributed by atoms with van der Waals surface area (Å²) in [6, 6.07) is 3.69. The Morgan fingerprint density at radius 3 is 2.74 bits per heavy atom. The Bertz CT molecular complexity index is 557. The Balaban J connectivity index is 2.16. The Kier molecular flexibility index (Phi) is 4.20. The van der Waals surface area contributed by atoms with Crippen molar-refractivity contribution in [2.75, 3.05) is 5.75 Å². The van der Waals surface area contributed by atoms with Crippen molar-refractivity contribution in [2.24, 2.45) is 0 Å². The van der Waals surface area contributed by atoms with Crippen molar-refractivity contribution < 1.29 is 22.3 Å². The number of hydrogen-bond acceptors (Lipinski definition) is 3. The van der Waals surface area contributed by atoms with E-state index >= 15 is 0 Å². The lowest BCUT2D eigenvalue weighted by Gasteiger charge is -2.26. The standard InChI is InChI=1S/C13H16F2O3S/c14-10-5-3-4-9(13(10)15)8-11(16)12-6-1-2-7-19(12,17)18/h3-5,11-12,16H,1-2,6-8H2. The van der Waals surface area contributed by atoms with E-state index in [9.17, 15) is 22.3 Å². The minimum atomic E-state index is -3.33. The van der Waals surface area contributed by atoms with Crippen LogP contribution in [0.4, 0.5) is 8.78 Å². The fourth-order valence-electron chi connectivity index (χ4n) is 2.47. The molecule has 1 aliphatic heterocycles. The molecule has 0 aliphatic carbocycles. The van der Waals surface area contributed by atoms with Crippen molar-refractivity contribution in [1.29, 1.82) is 0 Å². The van der Waals surface area contributed by atoms with Crippen LogP contribution in [0.2, 0.25) is 0 Å². The molecular weight excluding hydrogens is 274 g/mol. The lowest BCUT2D eigenvalue weighted by molar-refractivity contribution is 0.160. The molecule has 2 unspecified atom stereocenters. The molecule has 1 heterocycles. The quantitative estimate of drug-likeness (QED) is 0.924.